The van der Waals surface area contributed by atoms with Crippen molar-refractivity contribution in [1.29, 1.82) is 0 Å². The Hall–Kier alpha value is -1.69. The maximum absolute atomic E-state index is 12.0. The molecular weight excluding hydrogens is 268 g/mol. The smallest absolute Gasteiger partial charge is 0.387 e. The Morgan fingerprint density at radius 3 is 2.50 bits per heavy atom. The molecule has 0 spiro atoms. The van der Waals surface area contributed by atoms with Gasteiger partial charge in [-0.15, -0.1) is 0 Å². The number of carboxylic acid groups (broad SMARTS) is 1. The highest BCUT2D eigenvalue weighted by Crippen LogP contribution is 2.28. The second-order valence-corrected chi connectivity index (χ2v) is 4.87. The highest BCUT2D eigenvalue weighted by molar-refractivity contribution is 5.66. The van der Waals surface area contributed by atoms with Crippen molar-refractivity contribution in [1.82, 2.24) is 4.90 Å². The third-order valence-electron chi connectivity index (χ3n) is 3.21. The molecule has 1 aliphatic rings. The zero-order valence-electron chi connectivity index (χ0n) is 11.0. The summed E-state index contributed by atoms with van der Waals surface area (Å²) in [5.41, 5.74) is 0.962. The molecule has 1 aliphatic carbocycles. The van der Waals surface area contributed by atoms with E-state index in [1.54, 1.807) is 12.1 Å². The van der Waals surface area contributed by atoms with Gasteiger partial charge in [-0.3, -0.25) is 9.69 Å². The molecule has 0 amide bonds. The number of carboxylic acids is 1. The van der Waals surface area contributed by atoms with E-state index in [0.717, 1.165) is 18.4 Å². The molecule has 20 heavy (non-hydrogen) atoms. The summed E-state index contributed by atoms with van der Waals surface area (Å²) in [6.45, 7) is -1.68. The van der Waals surface area contributed by atoms with Gasteiger partial charge in [0.25, 0.3) is 0 Å². The number of halogens is 2. The van der Waals surface area contributed by atoms with Gasteiger partial charge in [-0.1, -0.05) is 12.1 Å². The van der Waals surface area contributed by atoms with Gasteiger partial charge in [0.1, 0.15) is 5.75 Å². The molecule has 0 aromatic heterocycles. The van der Waals surface area contributed by atoms with Crippen molar-refractivity contribution in [3.63, 3.8) is 0 Å². The number of rotatable bonds is 8. The van der Waals surface area contributed by atoms with Crippen molar-refractivity contribution < 1.29 is 23.4 Å². The summed E-state index contributed by atoms with van der Waals surface area (Å²) in [7, 11) is 0. The maximum Gasteiger partial charge on any atom is 0.387 e. The monoisotopic (exact) mass is 285 g/mol. The maximum atomic E-state index is 12.0. The molecule has 0 unspecified atom stereocenters. The van der Waals surface area contributed by atoms with Crippen LogP contribution in [-0.2, 0) is 11.3 Å². The van der Waals surface area contributed by atoms with E-state index in [0.29, 0.717) is 19.1 Å². The lowest BCUT2D eigenvalue weighted by molar-refractivity contribution is -0.137. The zero-order chi connectivity index (χ0) is 14.5. The third-order valence-corrected chi connectivity index (χ3v) is 3.21. The van der Waals surface area contributed by atoms with E-state index in [-0.39, 0.29) is 12.2 Å². The molecule has 0 heterocycles. The third kappa shape index (κ3) is 4.77. The minimum absolute atomic E-state index is 0.114. The lowest BCUT2D eigenvalue weighted by atomic mass is 10.2. The van der Waals surface area contributed by atoms with E-state index in [2.05, 4.69) is 9.64 Å². The van der Waals surface area contributed by atoms with Crippen LogP contribution in [0.3, 0.4) is 0 Å². The number of hydrogen-bond donors (Lipinski definition) is 1. The van der Waals surface area contributed by atoms with Crippen LogP contribution in [0.2, 0.25) is 0 Å². The largest absolute Gasteiger partial charge is 0.481 e. The number of hydrogen-bond acceptors (Lipinski definition) is 3. The minimum atomic E-state index is -2.82. The summed E-state index contributed by atoms with van der Waals surface area (Å²) in [6.07, 6.45) is 2.29. The van der Waals surface area contributed by atoms with Crippen molar-refractivity contribution >= 4 is 5.97 Å². The molecular formula is C14H17F2NO3. The molecule has 1 aromatic rings. The van der Waals surface area contributed by atoms with Crippen molar-refractivity contribution in [2.75, 3.05) is 6.54 Å². The lowest BCUT2D eigenvalue weighted by Gasteiger charge is -2.21. The SMILES string of the molecule is O=C(O)CCN(Cc1ccc(OC(F)F)cc1)C1CC1. The van der Waals surface area contributed by atoms with Gasteiger partial charge in [-0.2, -0.15) is 8.78 Å². The van der Waals surface area contributed by atoms with Crippen LogP contribution >= 0.6 is 0 Å². The Labute approximate surface area is 116 Å². The van der Waals surface area contributed by atoms with Crippen LogP contribution in [0.25, 0.3) is 0 Å². The van der Waals surface area contributed by atoms with E-state index in [1.807, 2.05) is 0 Å². The summed E-state index contributed by atoms with van der Waals surface area (Å²) < 4.78 is 28.4. The standard InChI is InChI=1S/C14H17F2NO3/c15-14(16)20-12-5-1-10(2-6-12)9-17(11-3-4-11)8-7-13(18)19/h1-2,5-6,11,14H,3-4,7-9H2,(H,18,19). The molecule has 1 aromatic carbocycles. The summed E-state index contributed by atoms with van der Waals surface area (Å²) >= 11 is 0. The Balaban J connectivity index is 1.90. The molecule has 110 valence electrons. The van der Waals surface area contributed by atoms with Gasteiger partial charge in [0.15, 0.2) is 0 Å². The first-order valence-corrected chi connectivity index (χ1v) is 6.54. The average molecular weight is 285 g/mol. The van der Waals surface area contributed by atoms with Crippen LogP contribution in [0.1, 0.15) is 24.8 Å². The van der Waals surface area contributed by atoms with E-state index in [1.165, 1.54) is 12.1 Å². The number of carbonyl (C=O) groups is 1. The van der Waals surface area contributed by atoms with Crippen LogP contribution in [0.4, 0.5) is 8.78 Å². The quantitative estimate of drug-likeness (QED) is 0.798. The number of ether oxygens (including phenoxy) is 1. The molecule has 1 N–H and O–H groups in total. The van der Waals surface area contributed by atoms with Gasteiger partial charge in [0.2, 0.25) is 0 Å². The molecule has 4 nitrogen and oxygen atoms in total. The molecule has 0 radical (unpaired) electrons. The molecule has 2 rings (SSSR count). The van der Waals surface area contributed by atoms with Gasteiger partial charge in [-0.25, -0.2) is 0 Å². The number of nitrogens with zero attached hydrogens (tertiary/aromatic N) is 1. The first-order chi connectivity index (χ1) is 9.54. The molecule has 6 heteroatoms. The fraction of sp³-hybridized carbons (Fsp3) is 0.500. The molecule has 1 fully saturated rings. The zero-order valence-corrected chi connectivity index (χ0v) is 11.0. The van der Waals surface area contributed by atoms with Gasteiger partial charge in [0.05, 0.1) is 6.42 Å². The van der Waals surface area contributed by atoms with Crippen LogP contribution in [0.15, 0.2) is 24.3 Å². The molecule has 0 saturated heterocycles. The Morgan fingerprint density at radius 1 is 1.35 bits per heavy atom. The van der Waals surface area contributed by atoms with Crippen molar-refractivity contribution in [3.05, 3.63) is 29.8 Å². The van der Waals surface area contributed by atoms with Crippen LogP contribution in [0, 0.1) is 0 Å². The Bertz CT molecular complexity index is 446. The molecule has 0 atom stereocenters. The van der Waals surface area contributed by atoms with Gasteiger partial charge >= 0.3 is 12.6 Å². The van der Waals surface area contributed by atoms with Crippen molar-refractivity contribution in [2.24, 2.45) is 0 Å². The van der Waals surface area contributed by atoms with E-state index in [4.69, 9.17) is 5.11 Å². The number of alkyl halides is 2. The average Bonchev–Trinajstić information content (AvgIpc) is 3.20. The predicted molar refractivity (Wildman–Crippen MR) is 68.8 cm³/mol. The van der Waals surface area contributed by atoms with Gasteiger partial charge in [-0.05, 0) is 30.5 Å². The summed E-state index contributed by atoms with van der Waals surface area (Å²) in [5.74, 6) is -0.677. The molecule has 0 aliphatic heterocycles. The van der Waals surface area contributed by atoms with Crippen LogP contribution in [0.5, 0.6) is 5.75 Å². The fourth-order valence-electron chi connectivity index (χ4n) is 2.08. The summed E-state index contributed by atoms with van der Waals surface area (Å²) in [6, 6.07) is 6.92. The number of aliphatic carboxylic acids is 1. The highest BCUT2D eigenvalue weighted by atomic mass is 19.3. The predicted octanol–water partition coefficient (Wildman–Crippen LogP) is 2.73. The second kappa shape index (κ2) is 6.65. The topological polar surface area (TPSA) is 49.8 Å². The lowest BCUT2D eigenvalue weighted by Crippen LogP contribution is -2.28. The number of benzene rings is 1. The Kier molecular flexibility index (Phi) is 4.89. The fourth-order valence-corrected chi connectivity index (χ4v) is 2.08. The molecule has 0 bridgehead atoms. The highest BCUT2D eigenvalue weighted by Gasteiger charge is 2.28. The first-order valence-electron chi connectivity index (χ1n) is 6.54. The molecule has 1 saturated carbocycles. The van der Waals surface area contributed by atoms with Gasteiger partial charge < -0.3 is 9.84 Å². The van der Waals surface area contributed by atoms with Crippen molar-refractivity contribution in [2.45, 2.75) is 38.5 Å². The van der Waals surface area contributed by atoms with Crippen molar-refractivity contribution in [3.8, 4) is 5.75 Å². The van der Waals surface area contributed by atoms with E-state index >= 15 is 0 Å². The van der Waals surface area contributed by atoms with E-state index < -0.39 is 12.6 Å². The normalized spacial score (nSPS) is 14.8. The van der Waals surface area contributed by atoms with Gasteiger partial charge in [0, 0.05) is 19.1 Å². The Morgan fingerprint density at radius 2 is 2.00 bits per heavy atom. The summed E-state index contributed by atoms with van der Waals surface area (Å²) in [5, 5.41) is 8.74. The summed E-state index contributed by atoms with van der Waals surface area (Å²) in [4.78, 5) is 12.8. The minimum Gasteiger partial charge on any atom is -0.481 e. The van der Waals surface area contributed by atoms with E-state index in [9.17, 15) is 13.6 Å². The first kappa shape index (κ1) is 14.7. The van der Waals surface area contributed by atoms with Crippen LogP contribution in [-0.4, -0.2) is 35.2 Å². The second-order valence-electron chi connectivity index (χ2n) is 4.87. The van der Waals surface area contributed by atoms with Crippen LogP contribution < -0.4 is 4.74 Å².